The number of aryl methyl sites for hydroxylation is 1. The highest BCUT2D eigenvalue weighted by Gasteiger charge is 2.19. The van der Waals surface area contributed by atoms with Crippen LogP contribution in [0.15, 0.2) is 18.5 Å². The van der Waals surface area contributed by atoms with Crippen molar-refractivity contribution in [3.63, 3.8) is 0 Å². The monoisotopic (exact) mass is 192 g/mol. The minimum absolute atomic E-state index is 0.814. The van der Waals surface area contributed by atoms with Crippen molar-refractivity contribution in [1.29, 1.82) is 0 Å². The minimum Gasteiger partial charge on any atom is -0.354 e. The number of hydrogen-bond acceptors (Lipinski definition) is 1. The average molecular weight is 192 g/mol. The first-order valence-electron chi connectivity index (χ1n) is 5.76. The van der Waals surface area contributed by atoms with Gasteiger partial charge in [0.1, 0.15) is 0 Å². The van der Waals surface area contributed by atoms with E-state index in [-0.39, 0.29) is 0 Å². The van der Waals surface area contributed by atoms with E-state index in [0.717, 1.165) is 12.6 Å². The minimum atomic E-state index is 0.814. The zero-order valence-corrected chi connectivity index (χ0v) is 9.00. The van der Waals surface area contributed by atoms with Crippen molar-refractivity contribution in [3.05, 3.63) is 24.0 Å². The van der Waals surface area contributed by atoms with E-state index in [2.05, 4.69) is 35.3 Å². The molecule has 0 atom stereocenters. The molecule has 1 aromatic rings. The van der Waals surface area contributed by atoms with Gasteiger partial charge in [-0.1, -0.05) is 13.3 Å². The zero-order valence-electron chi connectivity index (χ0n) is 9.00. The molecule has 0 aliphatic heterocycles. The Morgan fingerprint density at radius 3 is 3.07 bits per heavy atom. The Bertz CT molecular complexity index is 274. The summed E-state index contributed by atoms with van der Waals surface area (Å²) < 4.78 is 2.30. The van der Waals surface area contributed by atoms with Gasteiger partial charge >= 0.3 is 0 Å². The molecule has 1 heterocycles. The first kappa shape index (κ1) is 9.78. The third-order valence-electron chi connectivity index (χ3n) is 2.75. The number of nitrogens with one attached hydrogen (secondary N) is 1. The van der Waals surface area contributed by atoms with E-state index < -0.39 is 0 Å². The molecule has 1 aliphatic carbocycles. The second kappa shape index (κ2) is 4.65. The molecule has 0 radical (unpaired) electrons. The molecule has 0 amide bonds. The van der Waals surface area contributed by atoms with Crippen molar-refractivity contribution in [2.45, 2.75) is 51.7 Å². The van der Waals surface area contributed by atoms with Crippen LogP contribution in [-0.4, -0.2) is 10.6 Å². The van der Waals surface area contributed by atoms with E-state index in [1.165, 1.54) is 37.8 Å². The summed E-state index contributed by atoms with van der Waals surface area (Å²) in [6.07, 6.45) is 9.76. The molecule has 0 spiro atoms. The van der Waals surface area contributed by atoms with Gasteiger partial charge in [0, 0.05) is 31.5 Å². The van der Waals surface area contributed by atoms with Crippen molar-refractivity contribution in [3.8, 4) is 0 Å². The van der Waals surface area contributed by atoms with Gasteiger partial charge in [-0.2, -0.15) is 0 Å². The van der Waals surface area contributed by atoms with Crippen molar-refractivity contribution in [2.75, 3.05) is 0 Å². The molecule has 78 valence electrons. The predicted molar refractivity (Wildman–Crippen MR) is 59.2 cm³/mol. The lowest BCUT2D eigenvalue weighted by atomic mass is 10.3. The molecule has 14 heavy (non-hydrogen) atoms. The summed E-state index contributed by atoms with van der Waals surface area (Å²) >= 11 is 0. The number of unbranched alkanes of at least 4 members (excludes halogenated alkanes) is 1. The van der Waals surface area contributed by atoms with Gasteiger partial charge in [-0.15, -0.1) is 0 Å². The molecular formula is C12H20N2. The molecule has 0 unspecified atom stereocenters. The molecule has 1 saturated carbocycles. The van der Waals surface area contributed by atoms with E-state index in [9.17, 15) is 0 Å². The smallest absolute Gasteiger partial charge is 0.0223 e. The normalized spacial score (nSPS) is 16.1. The largest absolute Gasteiger partial charge is 0.354 e. The summed E-state index contributed by atoms with van der Waals surface area (Å²) in [6, 6.07) is 3.04. The van der Waals surface area contributed by atoms with Crippen LogP contribution in [-0.2, 0) is 13.1 Å². The third kappa shape index (κ3) is 2.88. The number of nitrogens with zero attached hydrogens (tertiary/aromatic N) is 1. The fourth-order valence-corrected chi connectivity index (χ4v) is 1.62. The Kier molecular flexibility index (Phi) is 3.25. The molecular weight excluding hydrogens is 172 g/mol. The first-order valence-corrected chi connectivity index (χ1v) is 5.76. The van der Waals surface area contributed by atoms with E-state index in [1.807, 2.05) is 0 Å². The fraction of sp³-hybridized carbons (Fsp3) is 0.667. The van der Waals surface area contributed by atoms with Crippen LogP contribution in [0.1, 0.15) is 38.2 Å². The second-order valence-electron chi connectivity index (χ2n) is 4.27. The Labute approximate surface area is 86.3 Å². The highest BCUT2D eigenvalue weighted by Crippen LogP contribution is 2.19. The van der Waals surface area contributed by atoms with Crippen LogP contribution in [0, 0.1) is 0 Å². The Hall–Kier alpha value is -0.760. The van der Waals surface area contributed by atoms with Gasteiger partial charge in [0.15, 0.2) is 0 Å². The van der Waals surface area contributed by atoms with Crippen molar-refractivity contribution in [2.24, 2.45) is 0 Å². The maximum atomic E-state index is 3.53. The average Bonchev–Trinajstić information content (AvgIpc) is 2.92. The van der Waals surface area contributed by atoms with Gasteiger partial charge in [-0.3, -0.25) is 0 Å². The summed E-state index contributed by atoms with van der Waals surface area (Å²) in [4.78, 5) is 0. The van der Waals surface area contributed by atoms with E-state index >= 15 is 0 Å². The molecule has 2 heteroatoms. The molecule has 1 aromatic heterocycles. The molecule has 0 saturated heterocycles. The maximum Gasteiger partial charge on any atom is 0.0223 e. The van der Waals surface area contributed by atoms with Crippen molar-refractivity contribution in [1.82, 2.24) is 9.88 Å². The van der Waals surface area contributed by atoms with Crippen molar-refractivity contribution < 1.29 is 0 Å². The summed E-state index contributed by atoms with van der Waals surface area (Å²) in [5, 5.41) is 3.53. The molecule has 0 aromatic carbocycles. The number of rotatable bonds is 6. The van der Waals surface area contributed by atoms with Gasteiger partial charge in [0.05, 0.1) is 0 Å². The fourth-order valence-electron chi connectivity index (χ4n) is 1.62. The Balaban J connectivity index is 1.76. The quantitative estimate of drug-likeness (QED) is 0.733. The Morgan fingerprint density at radius 1 is 1.50 bits per heavy atom. The SMILES string of the molecule is CCCCn1ccc(CNC2CC2)c1. The van der Waals surface area contributed by atoms with E-state index in [4.69, 9.17) is 0 Å². The maximum absolute atomic E-state index is 3.53. The molecule has 0 bridgehead atoms. The number of hydrogen-bond donors (Lipinski definition) is 1. The van der Waals surface area contributed by atoms with Crippen LogP contribution >= 0.6 is 0 Å². The molecule has 1 aliphatic rings. The van der Waals surface area contributed by atoms with E-state index in [1.54, 1.807) is 0 Å². The van der Waals surface area contributed by atoms with Gasteiger partial charge in [0.25, 0.3) is 0 Å². The van der Waals surface area contributed by atoms with Crippen LogP contribution in [0.4, 0.5) is 0 Å². The van der Waals surface area contributed by atoms with Gasteiger partial charge in [-0.05, 0) is 30.9 Å². The van der Waals surface area contributed by atoms with Gasteiger partial charge in [-0.25, -0.2) is 0 Å². The lowest BCUT2D eigenvalue weighted by Crippen LogP contribution is -2.14. The summed E-state index contributed by atoms with van der Waals surface area (Å²) in [5.41, 5.74) is 1.42. The van der Waals surface area contributed by atoms with Crippen LogP contribution in [0.3, 0.4) is 0 Å². The summed E-state index contributed by atoms with van der Waals surface area (Å²) in [6.45, 7) is 4.45. The standard InChI is InChI=1S/C12H20N2/c1-2-3-7-14-8-6-11(10-14)9-13-12-4-5-12/h6,8,10,12-13H,2-5,7,9H2,1H3. The highest BCUT2D eigenvalue weighted by atomic mass is 15.0. The number of aromatic nitrogens is 1. The van der Waals surface area contributed by atoms with Crippen molar-refractivity contribution >= 4 is 0 Å². The predicted octanol–water partition coefficient (Wildman–Crippen LogP) is 2.54. The van der Waals surface area contributed by atoms with E-state index in [0.29, 0.717) is 0 Å². The topological polar surface area (TPSA) is 17.0 Å². The van der Waals surface area contributed by atoms with Crippen LogP contribution < -0.4 is 5.32 Å². The van der Waals surface area contributed by atoms with Gasteiger partial charge in [0.2, 0.25) is 0 Å². The second-order valence-corrected chi connectivity index (χ2v) is 4.27. The molecule has 1 N–H and O–H groups in total. The summed E-state index contributed by atoms with van der Waals surface area (Å²) in [7, 11) is 0. The van der Waals surface area contributed by atoms with Crippen LogP contribution in [0.25, 0.3) is 0 Å². The lowest BCUT2D eigenvalue weighted by Gasteiger charge is -2.01. The zero-order chi connectivity index (χ0) is 9.80. The third-order valence-corrected chi connectivity index (χ3v) is 2.75. The molecule has 2 rings (SSSR count). The molecule has 1 fully saturated rings. The lowest BCUT2D eigenvalue weighted by molar-refractivity contribution is 0.630. The van der Waals surface area contributed by atoms with Gasteiger partial charge < -0.3 is 9.88 Å². The Morgan fingerprint density at radius 2 is 2.36 bits per heavy atom. The molecule has 2 nitrogen and oxygen atoms in total. The highest BCUT2D eigenvalue weighted by molar-refractivity contribution is 5.10. The van der Waals surface area contributed by atoms with Crippen LogP contribution in [0.5, 0.6) is 0 Å². The summed E-state index contributed by atoms with van der Waals surface area (Å²) in [5.74, 6) is 0. The van der Waals surface area contributed by atoms with Crippen LogP contribution in [0.2, 0.25) is 0 Å². The first-order chi connectivity index (χ1) is 6.88.